The summed E-state index contributed by atoms with van der Waals surface area (Å²) in [5, 5.41) is 11.7. The summed E-state index contributed by atoms with van der Waals surface area (Å²) >= 11 is 0. The van der Waals surface area contributed by atoms with Gasteiger partial charge in [-0.1, -0.05) is 13.8 Å². The SMILES string of the molecule is CCOc1ccc(-n2nnnc2C(C)C)cc1. The van der Waals surface area contributed by atoms with Gasteiger partial charge >= 0.3 is 0 Å². The Labute approximate surface area is 100 Å². The van der Waals surface area contributed by atoms with Crippen molar-refractivity contribution in [1.82, 2.24) is 20.2 Å². The fraction of sp³-hybridized carbons (Fsp3) is 0.417. The van der Waals surface area contributed by atoms with Gasteiger partial charge in [-0.15, -0.1) is 5.10 Å². The molecule has 2 aromatic rings. The van der Waals surface area contributed by atoms with Gasteiger partial charge in [0, 0.05) is 5.92 Å². The Morgan fingerprint density at radius 2 is 1.94 bits per heavy atom. The zero-order chi connectivity index (χ0) is 12.3. The van der Waals surface area contributed by atoms with Gasteiger partial charge < -0.3 is 4.74 Å². The highest BCUT2D eigenvalue weighted by molar-refractivity contribution is 5.37. The molecule has 0 amide bonds. The predicted octanol–water partition coefficient (Wildman–Crippen LogP) is 2.18. The van der Waals surface area contributed by atoms with E-state index in [0.717, 1.165) is 17.3 Å². The van der Waals surface area contributed by atoms with E-state index < -0.39 is 0 Å². The number of rotatable bonds is 4. The Morgan fingerprint density at radius 1 is 1.24 bits per heavy atom. The van der Waals surface area contributed by atoms with Crippen LogP contribution in [0.2, 0.25) is 0 Å². The molecule has 0 bridgehead atoms. The van der Waals surface area contributed by atoms with Gasteiger partial charge in [0.2, 0.25) is 0 Å². The standard InChI is InChI=1S/C12H16N4O/c1-4-17-11-7-5-10(6-8-11)16-12(9(2)3)13-14-15-16/h5-9H,4H2,1-3H3. The minimum absolute atomic E-state index is 0.288. The molecule has 0 aliphatic heterocycles. The van der Waals surface area contributed by atoms with Crippen molar-refractivity contribution in [2.45, 2.75) is 26.7 Å². The highest BCUT2D eigenvalue weighted by Gasteiger charge is 2.11. The quantitative estimate of drug-likeness (QED) is 0.810. The van der Waals surface area contributed by atoms with Crippen LogP contribution < -0.4 is 4.74 Å². The van der Waals surface area contributed by atoms with Gasteiger partial charge in [-0.05, 0) is 41.6 Å². The van der Waals surface area contributed by atoms with Crippen LogP contribution in [0, 0.1) is 0 Å². The Morgan fingerprint density at radius 3 is 2.53 bits per heavy atom. The van der Waals surface area contributed by atoms with Crippen molar-refractivity contribution in [2.24, 2.45) is 0 Å². The largest absolute Gasteiger partial charge is 0.494 e. The van der Waals surface area contributed by atoms with Crippen LogP contribution in [0.3, 0.4) is 0 Å². The minimum atomic E-state index is 0.288. The number of hydrogen-bond acceptors (Lipinski definition) is 4. The van der Waals surface area contributed by atoms with Crippen LogP contribution in [0.15, 0.2) is 24.3 Å². The van der Waals surface area contributed by atoms with Gasteiger partial charge in [0.15, 0.2) is 5.82 Å². The third-order valence-electron chi connectivity index (χ3n) is 2.40. The van der Waals surface area contributed by atoms with E-state index in [4.69, 9.17) is 4.74 Å². The fourth-order valence-corrected chi connectivity index (χ4v) is 1.59. The second-order valence-electron chi connectivity index (χ2n) is 4.03. The van der Waals surface area contributed by atoms with Gasteiger partial charge in [-0.25, -0.2) is 0 Å². The van der Waals surface area contributed by atoms with Crippen LogP contribution in [0.25, 0.3) is 5.69 Å². The molecular weight excluding hydrogens is 216 g/mol. The first kappa shape index (κ1) is 11.6. The number of tetrazole rings is 1. The molecule has 0 saturated heterocycles. The smallest absolute Gasteiger partial charge is 0.159 e. The normalized spacial score (nSPS) is 10.8. The van der Waals surface area contributed by atoms with Crippen molar-refractivity contribution in [3.05, 3.63) is 30.1 Å². The highest BCUT2D eigenvalue weighted by Crippen LogP contribution is 2.18. The van der Waals surface area contributed by atoms with E-state index in [9.17, 15) is 0 Å². The Hall–Kier alpha value is -1.91. The molecule has 1 heterocycles. The molecule has 2 rings (SSSR count). The van der Waals surface area contributed by atoms with Crippen LogP contribution in [0.5, 0.6) is 5.75 Å². The highest BCUT2D eigenvalue weighted by atomic mass is 16.5. The monoisotopic (exact) mass is 232 g/mol. The van der Waals surface area contributed by atoms with Crippen molar-refractivity contribution in [1.29, 1.82) is 0 Å². The molecule has 0 N–H and O–H groups in total. The molecule has 5 nitrogen and oxygen atoms in total. The lowest BCUT2D eigenvalue weighted by Crippen LogP contribution is -2.04. The Kier molecular flexibility index (Phi) is 3.37. The number of benzene rings is 1. The molecule has 1 aromatic heterocycles. The Bertz CT molecular complexity index is 476. The van der Waals surface area contributed by atoms with Gasteiger partial charge in [0.1, 0.15) is 5.75 Å². The first-order valence-electron chi connectivity index (χ1n) is 5.74. The van der Waals surface area contributed by atoms with Gasteiger partial charge in [-0.2, -0.15) is 4.68 Å². The summed E-state index contributed by atoms with van der Waals surface area (Å²) in [7, 11) is 0. The topological polar surface area (TPSA) is 52.8 Å². The van der Waals surface area contributed by atoms with Gasteiger partial charge in [-0.3, -0.25) is 0 Å². The van der Waals surface area contributed by atoms with E-state index >= 15 is 0 Å². The summed E-state index contributed by atoms with van der Waals surface area (Å²) in [6.07, 6.45) is 0. The van der Waals surface area contributed by atoms with Crippen LogP contribution in [-0.4, -0.2) is 26.8 Å². The van der Waals surface area contributed by atoms with Crippen molar-refractivity contribution >= 4 is 0 Å². The second-order valence-corrected chi connectivity index (χ2v) is 4.03. The molecule has 17 heavy (non-hydrogen) atoms. The maximum absolute atomic E-state index is 5.39. The van der Waals surface area contributed by atoms with E-state index in [-0.39, 0.29) is 5.92 Å². The molecule has 0 spiro atoms. The van der Waals surface area contributed by atoms with E-state index in [1.807, 2.05) is 31.2 Å². The lowest BCUT2D eigenvalue weighted by atomic mass is 10.2. The third kappa shape index (κ3) is 2.43. The molecule has 5 heteroatoms. The third-order valence-corrected chi connectivity index (χ3v) is 2.40. The minimum Gasteiger partial charge on any atom is -0.494 e. The van der Waals surface area contributed by atoms with E-state index in [0.29, 0.717) is 6.61 Å². The zero-order valence-corrected chi connectivity index (χ0v) is 10.3. The average Bonchev–Trinajstić information content (AvgIpc) is 2.79. The summed E-state index contributed by atoms with van der Waals surface area (Å²) in [5.74, 6) is 2.00. The molecular formula is C12H16N4O. The maximum Gasteiger partial charge on any atom is 0.159 e. The number of nitrogens with zero attached hydrogens (tertiary/aromatic N) is 4. The molecule has 0 unspecified atom stereocenters. The zero-order valence-electron chi connectivity index (χ0n) is 10.3. The number of aromatic nitrogens is 4. The lowest BCUT2D eigenvalue weighted by Gasteiger charge is -2.08. The maximum atomic E-state index is 5.39. The molecule has 0 fully saturated rings. The van der Waals surface area contributed by atoms with Crippen molar-refractivity contribution in [3.8, 4) is 11.4 Å². The molecule has 90 valence electrons. The molecule has 0 saturated carbocycles. The summed E-state index contributed by atoms with van der Waals surface area (Å²) in [6.45, 7) is 6.76. The first-order chi connectivity index (χ1) is 8.22. The molecule has 0 radical (unpaired) electrons. The van der Waals surface area contributed by atoms with Gasteiger partial charge in [0.25, 0.3) is 0 Å². The van der Waals surface area contributed by atoms with Crippen LogP contribution in [0.4, 0.5) is 0 Å². The number of ether oxygens (including phenoxy) is 1. The molecule has 1 aromatic carbocycles. The summed E-state index contributed by atoms with van der Waals surface area (Å²) in [5.41, 5.74) is 0.946. The van der Waals surface area contributed by atoms with Crippen molar-refractivity contribution in [2.75, 3.05) is 6.61 Å². The predicted molar refractivity (Wildman–Crippen MR) is 64.4 cm³/mol. The van der Waals surface area contributed by atoms with Crippen LogP contribution in [-0.2, 0) is 0 Å². The lowest BCUT2D eigenvalue weighted by molar-refractivity contribution is 0.340. The first-order valence-corrected chi connectivity index (χ1v) is 5.74. The summed E-state index contributed by atoms with van der Waals surface area (Å²) < 4.78 is 7.15. The molecule has 0 atom stereocenters. The molecule has 0 aliphatic carbocycles. The fourth-order valence-electron chi connectivity index (χ4n) is 1.59. The van der Waals surface area contributed by atoms with Crippen LogP contribution in [0.1, 0.15) is 32.5 Å². The second kappa shape index (κ2) is 4.95. The Balaban J connectivity index is 2.30. The summed E-state index contributed by atoms with van der Waals surface area (Å²) in [6, 6.07) is 7.75. The van der Waals surface area contributed by atoms with E-state index in [2.05, 4.69) is 29.4 Å². The van der Waals surface area contributed by atoms with Gasteiger partial charge in [0.05, 0.1) is 12.3 Å². The van der Waals surface area contributed by atoms with Crippen molar-refractivity contribution in [3.63, 3.8) is 0 Å². The molecule has 0 aliphatic rings. The van der Waals surface area contributed by atoms with E-state index in [1.165, 1.54) is 0 Å². The summed E-state index contributed by atoms with van der Waals surface area (Å²) in [4.78, 5) is 0. The average molecular weight is 232 g/mol. The number of hydrogen-bond donors (Lipinski definition) is 0. The van der Waals surface area contributed by atoms with Crippen molar-refractivity contribution < 1.29 is 4.74 Å². The van der Waals surface area contributed by atoms with E-state index in [1.54, 1.807) is 4.68 Å². The van der Waals surface area contributed by atoms with Crippen LogP contribution >= 0.6 is 0 Å².